The number of piperidine rings is 1. The summed E-state index contributed by atoms with van der Waals surface area (Å²) >= 11 is 1.50. The van der Waals surface area contributed by atoms with Gasteiger partial charge < -0.3 is 9.64 Å². The number of nitrogens with zero attached hydrogens (tertiary/aromatic N) is 3. The summed E-state index contributed by atoms with van der Waals surface area (Å²) in [6, 6.07) is 0. The normalized spacial score (nSPS) is 17.4. The molecule has 1 saturated heterocycles. The molecule has 0 radical (unpaired) electrons. The predicted octanol–water partition coefficient (Wildman–Crippen LogP) is 3.34. The topological polar surface area (TPSA) is 38.2 Å². The standard InChI is InChI=1S/C14H25N3OS/c1-11(2)4-5-12-6-8-17(9-7-12)14-15-13(10-18-3)16-19-14/h11-12H,4-10H2,1-3H3. The average molecular weight is 283 g/mol. The van der Waals surface area contributed by atoms with Crippen LogP contribution in [-0.4, -0.2) is 29.6 Å². The van der Waals surface area contributed by atoms with Gasteiger partial charge in [0.2, 0.25) is 5.13 Å². The first kappa shape index (κ1) is 14.7. The van der Waals surface area contributed by atoms with Gasteiger partial charge in [0.15, 0.2) is 5.82 Å². The van der Waals surface area contributed by atoms with Gasteiger partial charge in [0, 0.05) is 31.7 Å². The van der Waals surface area contributed by atoms with E-state index in [4.69, 9.17) is 4.74 Å². The van der Waals surface area contributed by atoms with E-state index in [0.717, 1.165) is 35.9 Å². The van der Waals surface area contributed by atoms with Gasteiger partial charge in [-0.2, -0.15) is 4.37 Å². The van der Waals surface area contributed by atoms with Gasteiger partial charge in [-0.25, -0.2) is 4.98 Å². The molecule has 0 saturated carbocycles. The Hall–Kier alpha value is -0.680. The molecule has 0 unspecified atom stereocenters. The van der Waals surface area contributed by atoms with E-state index in [-0.39, 0.29) is 0 Å². The maximum Gasteiger partial charge on any atom is 0.205 e. The molecule has 19 heavy (non-hydrogen) atoms. The predicted molar refractivity (Wildman–Crippen MR) is 79.6 cm³/mol. The zero-order valence-corrected chi connectivity index (χ0v) is 13.1. The number of hydrogen-bond acceptors (Lipinski definition) is 5. The second-order valence-electron chi connectivity index (χ2n) is 5.83. The van der Waals surface area contributed by atoms with Crippen molar-refractivity contribution in [3.8, 4) is 0 Å². The van der Waals surface area contributed by atoms with Crippen molar-refractivity contribution in [1.82, 2.24) is 9.36 Å². The Kier molecular flexibility index (Phi) is 5.58. The quantitative estimate of drug-likeness (QED) is 0.802. The van der Waals surface area contributed by atoms with E-state index < -0.39 is 0 Å². The number of aromatic nitrogens is 2. The largest absolute Gasteiger partial charge is 0.377 e. The highest BCUT2D eigenvalue weighted by atomic mass is 32.1. The zero-order valence-electron chi connectivity index (χ0n) is 12.3. The lowest BCUT2D eigenvalue weighted by Crippen LogP contribution is -2.33. The van der Waals surface area contributed by atoms with Crippen LogP contribution in [0.1, 0.15) is 45.4 Å². The molecule has 1 fully saturated rings. The minimum atomic E-state index is 0.515. The van der Waals surface area contributed by atoms with Crippen LogP contribution >= 0.6 is 11.5 Å². The molecule has 2 heterocycles. The fraction of sp³-hybridized carbons (Fsp3) is 0.857. The first-order valence-corrected chi connectivity index (χ1v) is 8.03. The van der Waals surface area contributed by atoms with Crippen molar-refractivity contribution in [2.75, 3.05) is 25.1 Å². The van der Waals surface area contributed by atoms with E-state index in [9.17, 15) is 0 Å². The van der Waals surface area contributed by atoms with Crippen LogP contribution in [0.25, 0.3) is 0 Å². The third kappa shape index (κ3) is 4.42. The highest BCUT2D eigenvalue weighted by molar-refractivity contribution is 7.09. The SMILES string of the molecule is COCc1nsc(N2CCC(CCC(C)C)CC2)n1. The molecule has 1 aromatic heterocycles. The summed E-state index contributed by atoms with van der Waals surface area (Å²) in [5.74, 6) is 2.55. The average Bonchev–Trinajstić information content (AvgIpc) is 2.86. The Balaban J connectivity index is 1.78. The van der Waals surface area contributed by atoms with Crippen LogP contribution < -0.4 is 4.90 Å². The highest BCUT2D eigenvalue weighted by Gasteiger charge is 2.21. The number of rotatable bonds is 6. The summed E-state index contributed by atoms with van der Waals surface area (Å²) in [6.07, 6.45) is 5.34. The van der Waals surface area contributed by atoms with Crippen LogP contribution in [-0.2, 0) is 11.3 Å². The van der Waals surface area contributed by atoms with E-state index in [1.54, 1.807) is 7.11 Å². The van der Waals surface area contributed by atoms with Gasteiger partial charge in [-0.1, -0.05) is 26.7 Å². The number of methoxy groups -OCH3 is 1. The third-order valence-corrected chi connectivity index (χ3v) is 4.58. The van der Waals surface area contributed by atoms with Crippen molar-refractivity contribution in [3.63, 3.8) is 0 Å². The molecule has 0 amide bonds. The summed E-state index contributed by atoms with van der Waals surface area (Å²) in [4.78, 5) is 6.91. The second-order valence-corrected chi connectivity index (χ2v) is 6.56. The summed E-state index contributed by atoms with van der Waals surface area (Å²) in [5, 5.41) is 1.06. The molecule has 0 aromatic carbocycles. The lowest BCUT2D eigenvalue weighted by atomic mass is 9.90. The Labute approximate surface area is 120 Å². The molecule has 0 aliphatic carbocycles. The smallest absolute Gasteiger partial charge is 0.205 e. The van der Waals surface area contributed by atoms with Crippen LogP contribution in [0.4, 0.5) is 5.13 Å². The van der Waals surface area contributed by atoms with Crippen molar-refractivity contribution in [2.45, 2.75) is 46.1 Å². The van der Waals surface area contributed by atoms with Crippen molar-refractivity contribution in [2.24, 2.45) is 11.8 Å². The molecular formula is C14H25N3OS. The Morgan fingerprint density at radius 3 is 2.74 bits per heavy atom. The van der Waals surface area contributed by atoms with E-state index in [0.29, 0.717) is 6.61 Å². The number of ether oxygens (including phenoxy) is 1. The van der Waals surface area contributed by atoms with Gasteiger partial charge >= 0.3 is 0 Å². The highest BCUT2D eigenvalue weighted by Crippen LogP contribution is 2.28. The lowest BCUT2D eigenvalue weighted by molar-refractivity contribution is 0.179. The van der Waals surface area contributed by atoms with Crippen LogP contribution in [0, 0.1) is 11.8 Å². The molecule has 0 N–H and O–H groups in total. The van der Waals surface area contributed by atoms with Gasteiger partial charge in [0.05, 0.1) is 0 Å². The molecule has 5 heteroatoms. The van der Waals surface area contributed by atoms with Crippen molar-refractivity contribution >= 4 is 16.7 Å². The second kappa shape index (κ2) is 7.20. The third-order valence-electron chi connectivity index (χ3n) is 3.77. The van der Waals surface area contributed by atoms with Crippen molar-refractivity contribution < 1.29 is 4.74 Å². The van der Waals surface area contributed by atoms with Gasteiger partial charge in [-0.05, 0) is 24.7 Å². The maximum absolute atomic E-state index is 5.06. The lowest BCUT2D eigenvalue weighted by Gasteiger charge is -2.31. The maximum atomic E-state index is 5.06. The first-order valence-electron chi connectivity index (χ1n) is 7.25. The molecule has 1 aromatic rings. The molecular weight excluding hydrogens is 258 g/mol. The molecule has 0 atom stereocenters. The number of anilines is 1. The molecule has 0 spiro atoms. The number of hydrogen-bond donors (Lipinski definition) is 0. The zero-order chi connectivity index (χ0) is 13.7. The Morgan fingerprint density at radius 2 is 2.11 bits per heavy atom. The molecule has 1 aliphatic heterocycles. The van der Waals surface area contributed by atoms with Gasteiger partial charge in [0.25, 0.3) is 0 Å². The van der Waals surface area contributed by atoms with E-state index in [1.165, 1.54) is 37.2 Å². The fourth-order valence-electron chi connectivity index (χ4n) is 2.54. The monoisotopic (exact) mass is 283 g/mol. The van der Waals surface area contributed by atoms with E-state index >= 15 is 0 Å². The molecule has 4 nitrogen and oxygen atoms in total. The minimum absolute atomic E-state index is 0.515. The Bertz CT molecular complexity index is 373. The summed E-state index contributed by atoms with van der Waals surface area (Å²) in [7, 11) is 1.68. The fourth-order valence-corrected chi connectivity index (χ4v) is 3.27. The molecule has 1 aliphatic rings. The van der Waals surface area contributed by atoms with Crippen LogP contribution in [0.15, 0.2) is 0 Å². The van der Waals surface area contributed by atoms with E-state index in [1.807, 2.05) is 0 Å². The molecule has 108 valence electrons. The van der Waals surface area contributed by atoms with Gasteiger partial charge in [0.1, 0.15) is 6.61 Å². The van der Waals surface area contributed by atoms with Crippen LogP contribution in [0.3, 0.4) is 0 Å². The van der Waals surface area contributed by atoms with Crippen molar-refractivity contribution in [1.29, 1.82) is 0 Å². The summed E-state index contributed by atoms with van der Waals surface area (Å²) in [6.45, 7) is 7.40. The van der Waals surface area contributed by atoms with E-state index in [2.05, 4.69) is 28.1 Å². The van der Waals surface area contributed by atoms with Crippen LogP contribution in [0.2, 0.25) is 0 Å². The van der Waals surface area contributed by atoms with Crippen LogP contribution in [0.5, 0.6) is 0 Å². The van der Waals surface area contributed by atoms with Gasteiger partial charge in [-0.15, -0.1) is 0 Å². The first-order chi connectivity index (χ1) is 9.19. The summed E-state index contributed by atoms with van der Waals surface area (Å²) in [5.41, 5.74) is 0. The minimum Gasteiger partial charge on any atom is -0.377 e. The Morgan fingerprint density at radius 1 is 1.37 bits per heavy atom. The van der Waals surface area contributed by atoms with Gasteiger partial charge in [-0.3, -0.25) is 0 Å². The van der Waals surface area contributed by atoms with Crippen molar-refractivity contribution in [3.05, 3.63) is 5.82 Å². The molecule has 0 bridgehead atoms. The molecule has 2 rings (SSSR count). The summed E-state index contributed by atoms with van der Waals surface area (Å²) < 4.78 is 9.39.